The van der Waals surface area contributed by atoms with E-state index in [1.165, 1.54) is 11.8 Å². The Balaban J connectivity index is 2.35. The van der Waals surface area contributed by atoms with Crippen LogP contribution >= 0.6 is 11.8 Å². The summed E-state index contributed by atoms with van der Waals surface area (Å²) in [6, 6.07) is 6.76. The maximum Gasteiger partial charge on any atom is 0.191 e. The molecule has 0 saturated carbocycles. The molecule has 0 aromatic heterocycles. The minimum atomic E-state index is -3.62. The van der Waals surface area contributed by atoms with Gasteiger partial charge in [0.25, 0.3) is 0 Å². The molecule has 23 heavy (non-hydrogen) atoms. The number of rotatable bonds is 6. The Labute approximate surface area is 142 Å². The second-order valence-electron chi connectivity index (χ2n) is 5.74. The predicted molar refractivity (Wildman–Crippen MR) is 91.1 cm³/mol. The number of hydrogen-bond acceptors (Lipinski definition) is 6. The Morgan fingerprint density at radius 2 is 1.78 bits per heavy atom. The minimum Gasteiger partial charge on any atom is -0.393 e. The average molecular weight is 360 g/mol. The van der Waals surface area contributed by atoms with Crippen LogP contribution < -0.4 is 0 Å². The van der Waals surface area contributed by atoms with Gasteiger partial charge in [-0.15, -0.1) is 11.8 Å². The lowest BCUT2D eigenvalue weighted by molar-refractivity contribution is -0.215. The third-order valence-corrected chi connectivity index (χ3v) is 7.90. The molecular weight excluding hydrogens is 336 g/mol. The second kappa shape index (κ2) is 7.98. The van der Waals surface area contributed by atoms with E-state index in [0.717, 1.165) is 12.0 Å². The maximum atomic E-state index is 13.0. The Morgan fingerprint density at radius 1 is 1.22 bits per heavy atom. The number of hydrogen-bond donors (Lipinski definition) is 1. The van der Waals surface area contributed by atoms with Gasteiger partial charge in [-0.1, -0.05) is 17.7 Å². The average Bonchev–Trinajstić information content (AvgIpc) is 2.53. The van der Waals surface area contributed by atoms with Gasteiger partial charge < -0.3 is 14.6 Å². The van der Waals surface area contributed by atoms with Crippen molar-refractivity contribution in [1.82, 2.24) is 0 Å². The van der Waals surface area contributed by atoms with Crippen molar-refractivity contribution < 1.29 is 23.0 Å². The molecular formula is C16H24O5S2. The van der Waals surface area contributed by atoms with Crippen LogP contribution in [0.2, 0.25) is 0 Å². The summed E-state index contributed by atoms with van der Waals surface area (Å²) in [4.78, 5) is 0.254. The summed E-state index contributed by atoms with van der Waals surface area (Å²) in [5.74, 6) is -0.656. The van der Waals surface area contributed by atoms with Crippen LogP contribution in [-0.2, 0) is 19.3 Å². The van der Waals surface area contributed by atoms with Crippen LogP contribution in [0, 0.1) is 12.8 Å². The number of aliphatic hydroxyl groups excluding tert-OH is 1. The first-order valence-electron chi connectivity index (χ1n) is 7.62. The standard InChI is InChI=1S/C16H24O5S2/c1-11-5-7-13(8-6-11)23(18,19)16(22-3)14(12(2)17)15-20-9-4-10-21-15/h5-8,12,14-17H,4,9-10H2,1-3H3/t12-,14-,16?/m0/s1. The smallest absolute Gasteiger partial charge is 0.191 e. The van der Waals surface area contributed by atoms with Gasteiger partial charge in [0.2, 0.25) is 0 Å². The molecule has 1 N–H and O–H groups in total. The first kappa shape index (κ1) is 18.7. The number of aliphatic hydroxyl groups is 1. The Kier molecular flexibility index (Phi) is 6.50. The molecule has 0 amide bonds. The Morgan fingerprint density at radius 3 is 2.26 bits per heavy atom. The summed E-state index contributed by atoms with van der Waals surface area (Å²) >= 11 is 1.20. The lowest BCUT2D eigenvalue weighted by Crippen LogP contribution is -2.46. The molecule has 1 saturated heterocycles. The lowest BCUT2D eigenvalue weighted by Gasteiger charge is -2.36. The van der Waals surface area contributed by atoms with Crippen molar-refractivity contribution in [1.29, 1.82) is 0 Å². The third-order valence-electron chi connectivity index (χ3n) is 3.93. The van der Waals surface area contributed by atoms with Gasteiger partial charge in [0.05, 0.1) is 30.1 Å². The van der Waals surface area contributed by atoms with E-state index in [-0.39, 0.29) is 4.90 Å². The molecule has 0 radical (unpaired) electrons. The highest BCUT2D eigenvalue weighted by atomic mass is 32.3. The van der Waals surface area contributed by atoms with E-state index in [9.17, 15) is 13.5 Å². The first-order valence-corrected chi connectivity index (χ1v) is 10.5. The predicted octanol–water partition coefficient (Wildman–Crippen LogP) is 2.22. The van der Waals surface area contributed by atoms with Crippen LogP contribution in [0.4, 0.5) is 0 Å². The summed E-state index contributed by atoms with van der Waals surface area (Å²) in [6.45, 7) is 4.52. The number of sulfone groups is 1. The Bertz CT molecular complexity index is 591. The monoisotopic (exact) mass is 360 g/mol. The molecule has 1 fully saturated rings. The molecule has 7 heteroatoms. The van der Waals surface area contributed by atoms with Gasteiger partial charge in [0.15, 0.2) is 16.1 Å². The SMILES string of the molecule is CSC([C@H](C1OCCCO1)[C@H](C)O)S(=O)(=O)c1ccc(C)cc1. The molecule has 1 heterocycles. The topological polar surface area (TPSA) is 72.8 Å². The van der Waals surface area contributed by atoms with E-state index < -0.39 is 32.7 Å². The highest BCUT2D eigenvalue weighted by molar-refractivity contribution is 8.13. The van der Waals surface area contributed by atoms with E-state index in [2.05, 4.69) is 0 Å². The summed E-state index contributed by atoms with van der Waals surface area (Å²) in [5, 5.41) is 10.2. The number of thioether (sulfide) groups is 1. The molecule has 0 spiro atoms. The highest BCUT2D eigenvalue weighted by Gasteiger charge is 2.43. The van der Waals surface area contributed by atoms with Crippen molar-refractivity contribution >= 4 is 21.6 Å². The zero-order valence-electron chi connectivity index (χ0n) is 13.6. The van der Waals surface area contributed by atoms with E-state index in [0.29, 0.717) is 13.2 Å². The zero-order chi connectivity index (χ0) is 17.0. The fourth-order valence-electron chi connectivity index (χ4n) is 2.66. The molecule has 0 aliphatic carbocycles. The van der Waals surface area contributed by atoms with Crippen LogP contribution in [0.15, 0.2) is 29.2 Å². The van der Waals surface area contributed by atoms with Crippen molar-refractivity contribution in [3.63, 3.8) is 0 Å². The van der Waals surface area contributed by atoms with Crippen molar-refractivity contribution in [3.8, 4) is 0 Å². The van der Waals surface area contributed by atoms with Crippen LogP contribution in [0.1, 0.15) is 18.9 Å². The second-order valence-corrected chi connectivity index (χ2v) is 9.09. The summed E-state index contributed by atoms with van der Waals surface area (Å²) in [5.41, 5.74) is 0.996. The molecule has 130 valence electrons. The number of benzene rings is 1. The van der Waals surface area contributed by atoms with Crippen molar-refractivity contribution in [3.05, 3.63) is 29.8 Å². The lowest BCUT2D eigenvalue weighted by atomic mass is 10.1. The molecule has 1 aromatic carbocycles. The normalized spacial score (nSPS) is 20.9. The fourth-order valence-corrected chi connectivity index (χ4v) is 6.23. The first-order chi connectivity index (χ1) is 10.9. The van der Waals surface area contributed by atoms with Crippen LogP contribution in [0.5, 0.6) is 0 Å². The summed E-state index contributed by atoms with van der Waals surface area (Å²) in [6.07, 6.45) is 0.934. The molecule has 2 rings (SSSR count). The maximum absolute atomic E-state index is 13.0. The Hall–Kier alpha value is -0.600. The molecule has 3 atom stereocenters. The van der Waals surface area contributed by atoms with Gasteiger partial charge >= 0.3 is 0 Å². The molecule has 1 aromatic rings. The largest absolute Gasteiger partial charge is 0.393 e. The van der Waals surface area contributed by atoms with Crippen molar-refractivity contribution in [2.75, 3.05) is 19.5 Å². The van der Waals surface area contributed by atoms with Gasteiger partial charge in [-0.2, -0.15) is 0 Å². The van der Waals surface area contributed by atoms with E-state index in [1.54, 1.807) is 37.4 Å². The molecule has 1 unspecified atom stereocenters. The van der Waals surface area contributed by atoms with Crippen LogP contribution in [0.3, 0.4) is 0 Å². The van der Waals surface area contributed by atoms with E-state index in [4.69, 9.17) is 9.47 Å². The third kappa shape index (κ3) is 4.28. The molecule has 1 aliphatic heterocycles. The number of ether oxygens (including phenoxy) is 2. The molecule has 5 nitrogen and oxygen atoms in total. The van der Waals surface area contributed by atoms with Gasteiger partial charge in [0, 0.05) is 0 Å². The van der Waals surface area contributed by atoms with Crippen LogP contribution in [0.25, 0.3) is 0 Å². The van der Waals surface area contributed by atoms with Gasteiger partial charge in [0.1, 0.15) is 4.58 Å². The van der Waals surface area contributed by atoms with Gasteiger partial charge in [-0.05, 0) is 38.7 Å². The highest BCUT2D eigenvalue weighted by Crippen LogP contribution is 2.35. The van der Waals surface area contributed by atoms with Gasteiger partial charge in [-0.25, -0.2) is 8.42 Å². The number of aryl methyl sites for hydroxylation is 1. The van der Waals surface area contributed by atoms with Crippen molar-refractivity contribution in [2.24, 2.45) is 5.92 Å². The van der Waals surface area contributed by atoms with E-state index >= 15 is 0 Å². The minimum absolute atomic E-state index is 0.254. The zero-order valence-corrected chi connectivity index (χ0v) is 15.3. The molecule has 0 bridgehead atoms. The van der Waals surface area contributed by atoms with Gasteiger partial charge in [-0.3, -0.25) is 0 Å². The van der Waals surface area contributed by atoms with Crippen LogP contribution in [-0.4, -0.2) is 50.0 Å². The van der Waals surface area contributed by atoms with Crippen molar-refractivity contribution in [2.45, 2.75) is 42.1 Å². The fraction of sp³-hybridized carbons (Fsp3) is 0.625. The molecule has 1 aliphatic rings. The summed E-state index contributed by atoms with van der Waals surface area (Å²) < 4.78 is 36.3. The van der Waals surface area contributed by atoms with E-state index in [1.807, 2.05) is 6.92 Å². The summed E-state index contributed by atoms with van der Waals surface area (Å²) in [7, 11) is -3.62. The quantitative estimate of drug-likeness (QED) is 0.839.